The Kier molecular flexibility index (Phi) is 2.72. The Balaban J connectivity index is 1.92. The summed E-state index contributed by atoms with van der Waals surface area (Å²) in [5, 5.41) is 12.3. The summed E-state index contributed by atoms with van der Waals surface area (Å²) in [6, 6.07) is 0.590. The molecule has 0 saturated heterocycles. The van der Waals surface area contributed by atoms with Crippen molar-refractivity contribution in [1.82, 2.24) is 10.2 Å². The molecule has 1 heterocycles. The van der Waals surface area contributed by atoms with Crippen LogP contribution >= 0.6 is 11.3 Å². The van der Waals surface area contributed by atoms with Crippen LogP contribution in [0.2, 0.25) is 0 Å². The maximum absolute atomic E-state index is 4.02. The average molecular weight is 211 g/mol. The van der Waals surface area contributed by atoms with Crippen LogP contribution in [0, 0.1) is 5.41 Å². The van der Waals surface area contributed by atoms with Gasteiger partial charge in [0, 0.05) is 6.04 Å². The summed E-state index contributed by atoms with van der Waals surface area (Å²) in [5.41, 5.74) is 2.26. The molecule has 1 atom stereocenters. The number of nitrogens with one attached hydrogen (secondary N) is 1. The monoisotopic (exact) mass is 211 g/mol. The van der Waals surface area contributed by atoms with E-state index in [0.29, 0.717) is 11.5 Å². The summed E-state index contributed by atoms with van der Waals surface area (Å²) in [5.74, 6) is 0. The van der Waals surface area contributed by atoms with Gasteiger partial charge < -0.3 is 5.32 Å². The van der Waals surface area contributed by atoms with E-state index >= 15 is 0 Å². The van der Waals surface area contributed by atoms with Crippen LogP contribution in [0.4, 0.5) is 5.13 Å². The van der Waals surface area contributed by atoms with E-state index < -0.39 is 0 Å². The summed E-state index contributed by atoms with van der Waals surface area (Å²) >= 11 is 1.58. The molecule has 0 bridgehead atoms. The van der Waals surface area contributed by atoms with Gasteiger partial charge in [-0.3, -0.25) is 0 Å². The molecule has 78 valence electrons. The zero-order chi connectivity index (χ0) is 10.0. The third-order valence-electron chi connectivity index (χ3n) is 2.89. The van der Waals surface area contributed by atoms with Gasteiger partial charge in [-0.15, -0.1) is 10.2 Å². The number of hydrogen-bond acceptors (Lipinski definition) is 4. The van der Waals surface area contributed by atoms with Crippen molar-refractivity contribution >= 4 is 16.5 Å². The highest BCUT2D eigenvalue weighted by Gasteiger charge is 2.28. The van der Waals surface area contributed by atoms with Crippen LogP contribution in [-0.2, 0) is 0 Å². The van der Waals surface area contributed by atoms with Crippen molar-refractivity contribution in [2.45, 2.75) is 45.6 Å². The van der Waals surface area contributed by atoms with Crippen LogP contribution in [-0.4, -0.2) is 16.2 Å². The predicted octanol–water partition coefficient (Wildman–Crippen LogP) is 2.92. The molecule has 0 amide bonds. The quantitative estimate of drug-likeness (QED) is 0.817. The van der Waals surface area contributed by atoms with E-state index in [1.165, 1.54) is 25.7 Å². The second-order valence-electron chi connectivity index (χ2n) is 4.85. The molecular formula is C10H17N3S. The van der Waals surface area contributed by atoms with E-state index in [1.54, 1.807) is 16.8 Å². The Bertz CT molecular complexity index is 282. The van der Waals surface area contributed by atoms with Crippen molar-refractivity contribution in [2.24, 2.45) is 5.41 Å². The van der Waals surface area contributed by atoms with Gasteiger partial charge in [-0.25, -0.2) is 0 Å². The molecule has 1 aromatic rings. The summed E-state index contributed by atoms with van der Waals surface area (Å²) in [7, 11) is 0. The molecule has 1 aliphatic rings. The minimum absolute atomic E-state index is 0.487. The van der Waals surface area contributed by atoms with Crippen LogP contribution in [0.1, 0.15) is 39.5 Å². The fourth-order valence-corrected chi connectivity index (χ4v) is 2.76. The summed E-state index contributed by atoms with van der Waals surface area (Å²) in [4.78, 5) is 0. The maximum atomic E-state index is 4.02. The largest absolute Gasteiger partial charge is 0.357 e. The molecule has 0 aliphatic heterocycles. The summed E-state index contributed by atoms with van der Waals surface area (Å²) in [6.45, 7) is 4.70. The number of nitrogens with zero attached hydrogens (tertiary/aromatic N) is 2. The maximum Gasteiger partial charge on any atom is 0.205 e. The average Bonchev–Trinajstić information content (AvgIpc) is 2.54. The highest BCUT2D eigenvalue weighted by atomic mass is 32.1. The van der Waals surface area contributed by atoms with Crippen LogP contribution in [0.15, 0.2) is 5.51 Å². The van der Waals surface area contributed by atoms with Crippen LogP contribution in [0.5, 0.6) is 0 Å². The molecule has 0 spiro atoms. The Hall–Kier alpha value is -0.640. The van der Waals surface area contributed by atoms with Crippen molar-refractivity contribution < 1.29 is 0 Å². The zero-order valence-electron chi connectivity index (χ0n) is 8.79. The fourth-order valence-electron chi connectivity index (χ4n) is 2.23. The molecular weight excluding hydrogens is 194 g/mol. The lowest BCUT2D eigenvalue weighted by molar-refractivity contribution is 0.229. The van der Waals surface area contributed by atoms with Gasteiger partial charge in [0.1, 0.15) is 5.51 Å². The molecule has 1 fully saturated rings. The number of aromatic nitrogens is 2. The van der Waals surface area contributed by atoms with Crippen molar-refractivity contribution in [3.8, 4) is 0 Å². The first kappa shape index (κ1) is 9.90. The Morgan fingerprint density at radius 3 is 3.07 bits per heavy atom. The third-order valence-corrected chi connectivity index (χ3v) is 3.52. The Labute approximate surface area is 88.9 Å². The highest BCUT2D eigenvalue weighted by molar-refractivity contribution is 7.13. The van der Waals surface area contributed by atoms with E-state index in [1.807, 2.05) is 0 Å². The van der Waals surface area contributed by atoms with Crippen LogP contribution in [0.3, 0.4) is 0 Å². The molecule has 1 saturated carbocycles. The van der Waals surface area contributed by atoms with Gasteiger partial charge in [-0.1, -0.05) is 31.6 Å². The first-order chi connectivity index (χ1) is 6.66. The second kappa shape index (κ2) is 3.85. The predicted molar refractivity (Wildman–Crippen MR) is 59.6 cm³/mol. The summed E-state index contributed by atoms with van der Waals surface area (Å²) < 4.78 is 0. The van der Waals surface area contributed by atoms with E-state index in [2.05, 4.69) is 29.4 Å². The van der Waals surface area contributed by atoms with E-state index in [0.717, 1.165) is 5.13 Å². The Morgan fingerprint density at radius 2 is 2.43 bits per heavy atom. The molecule has 1 N–H and O–H groups in total. The second-order valence-corrected chi connectivity index (χ2v) is 5.68. The van der Waals surface area contributed by atoms with Gasteiger partial charge >= 0.3 is 0 Å². The first-order valence-corrected chi connectivity index (χ1v) is 6.06. The van der Waals surface area contributed by atoms with Crippen molar-refractivity contribution in [1.29, 1.82) is 0 Å². The normalized spacial score (nSPS) is 26.0. The molecule has 14 heavy (non-hydrogen) atoms. The van der Waals surface area contributed by atoms with Gasteiger partial charge in [0.05, 0.1) is 0 Å². The van der Waals surface area contributed by atoms with E-state index in [4.69, 9.17) is 0 Å². The zero-order valence-corrected chi connectivity index (χ0v) is 9.60. The minimum atomic E-state index is 0.487. The lowest BCUT2D eigenvalue weighted by atomic mass is 9.75. The molecule has 1 unspecified atom stereocenters. The smallest absolute Gasteiger partial charge is 0.205 e. The number of hydrogen-bond donors (Lipinski definition) is 1. The molecule has 0 radical (unpaired) electrons. The molecule has 4 heteroatoms. The lowest BCUT2D eigenvalue weighted by Gasteiger charge is -2.35. The molecule has 3 nitrogen and oxygen atoms in total. The highest BCUT2D eigenvalue weighted by Crippen LogP contribution is 2.36. The fraction of sp³-hybridized carbons (Fsp3) is 0.800. The standard InChI is InChI=1S/C10H17N3S/c1-10(2)5-3-4-8(6-10)12-9-13-11-7-14-9/h7-8H,3-6H2,1-2H3,(H,12,13). The molecule has 1 aliphatic carbocycles. The first-order valence-electron chi connectivity index (χ1n) is 5.18. The molecule has 1 aromatic heterocycles. The molecule has 2 rings (SSSR count). The number of anilines is 1. The van der Waals surface area contributed by atoms with Gasteiger partial charge in [0.2, 0.25) is 5.13 Å². The van der Waals surface area contributed by atoms with Gasteiger partial charge in [0.15, 0.2) is 0 Å². The van der Waals surface area contributed by atoms with Gasteiger partial charge in [-0.2, -0.15) is 0 Å². The van der Waals surface area contributed by atoms with Gasteiger partial charge in [0.25, 0.3) is 0 Å². The van der Waals surface area contributed by atoms with E-state index in [9.17, 15) is 0 Å². The third kappa shape index (κ3) is 2.44. The van der Waals surface area contributed by atoms with Crippen LogP contribution < -0.4 is 5.32 Å². The molecule has 0 aromatic carbocycles. The number of rotatable bonds is 2. The van der Waals surface area contributed by atoms with Crippen molar-refractivity contribution in [3.63, 3.8) is 0 Å². The lowest BCUT2D eigenvalue weighted by Crippen LogP contribution is -2.31. The summed E-state index contributed by atoms with van der Waals surface area (Å²) in [6.07, 6.45) is 5.18. The van der Waals surface area contributed by atoms with Crippen molar-refractivity contribution in [2.75, 3.05) is 5.32 Å². The van der Waals surface area contributed by atoms with Crippen LogP contribution in [0.25, 0.3) is 0 Å². The minimum Gasteiger partial charge on any atom is -0.357 e. The topological polar surface area (TPSA) is 37.8 Å². The SMILES string of the molecule is CC1(C)CCCC(Nc2nncs2)C1. The Morgan fingerprint density at radius 1 is 1.57 bits per heavy atom. The van der Waals surface area contributed by atoms with Gasteiger partial charge in [-0.05, 0) is 24.7 Å². The van der Waals surface area contributed by atoms with Crippen molar-refractivity contribution in [3.05, 3.63) is 5.51 Å². The van der Waals surface area contributed by atoms with E-state index in [-0.39, 0.29) is 0 Å².